The Hall–Kier alpha value is -1.30. The van der Waals surface area contributed by atoms with E-state index < -0.39 is 5.97 Å². The van der Waals surface area contributed by atoms with Gasteiger partial charge in [0.15, 0.2) is 5.69 Å². The molecule has 0 aromatic carbocycles. The molecular weight excluding hydrogens is 190 g/mol. The molecule has 1 aromatic heterocycles. The molecule has 2 heterocycles. The Morgan fingerprint density at radius 1 is 1.46 bits per heavy atom. The SMILES string of the molecule is Nc1nc2c(c(C(=O)O)n1)CSC2. The Morgan fingerprint density at radius 2 is 2.23 bits per heavy atom. The van der Waals surface area contributed by atoms with E-state index in [0.29, 0.717) is 11.3 Å². The second-order valence-electron chi connectivity index (χ2n) is 2.65. The minimum absolute atomic E-state index is 0.0404. The molecular formula is C7H7N3O2S. The van der Waals surface area contributed by atoms with Gasteiger partial charge in [-0.2, -0.15) is 11.8 Å². The van der Waals surface area contributed by atoms with E-state index >= 15 is 0 Å². The molecule has 0 spiro atoms. The Bertz CT molecular complexity index is 380. The molecule has 2 rings (SSSR count). The number of nitrogens with zero attached hydrogens (tertiary/aromatic N) is 2. The van der Waals surface area contributed by atoms with Crippen molar-refractivity contribution in [3.05, 3.63) is 17.0 Å². The number of hydrogen-bond acceptors (Lipinski definition) is 5. The summed E-state index contributed by atoms with van der Waals surface area (Å²) in [4.78, 5) is 18.4. The number of aromatic nitrogens is 2. The summed E-state index contributed by atoms with van der Waals surface area (Å²) in [5, 5.41) is 8.82. The number of nitrogens with two attached hydrogens (primary N) is 1. The van der Waals surface area contributed by atoms with E-state index in [9.17, 15) is 4.79 Å². The van der Waals surface area contributed by atoms with Crippen LogP contribution in [-0.4, -0.2) is 21.0 Å². The maximum absolute atomic E-state index is 10.8. The molecule has 0 radical (unpaired) electrons. The highest BCUT2D eigenvalue weighted by atomic mass is 32.2. The van der Waals surface area contributed by atoms with Gasteiger partial charge in [0, 0.05) is 17.1 Å². The summed E-state index contributed by atoms with van der Waals surface area (Å²) in [6, 6.07) is 0. The molecule has 68 valence electrons. The van der Waals surface area contributed by atoms with Gasteiger partial charge in [0.2, 0.25) is 5.95 Å². The van der Waals surface area contributed by atoms with Crippen LogP contribution in [0.1, 0.15) is 21.7 Å². The van der Waals surface area contributed by atoms with Crippen molar-refractivity contribution in [3.8, 4) is 0 Å². The zero-order valence-electron chi connectivity index (χ0n) is 6.65. The van der Waals surface area contributed by atoms with Crippen molar-refractivity contribution in [3.63, 3.8) is 0 Å². The largest absolute Gasteiger partial charge is 0.476 e. The van der Waals surface area contributed by atoms with E-state index in [0.717, 1.165) is 11.4 Å². The molecule has 0 amide bonds. The van der Waals surface area contributed by atoms with Crippen molar-refractivity contribution in [1.82, 2.24) is 9.97 Å². The van der Waals surface area contributed by atoms with Crippen LogP contribution >= 0.6 is 11.8 Å². The van der Waals surface area contributed by atoms with Crippen LogP contribution in [0.3, 0.4) is 0 Å². The second kappa shape index (κ2) is 2.88. The van der Waals surface area contributed by atoms with Crippen LogP contribution in [0.25, 0.3) is 0 Å². The van der Waals surface area contributed by atoms with Crippen molar-refractivity contribution < 1.29 is 9.90 Å². The normalized spacial score (nSPS) is 14.2. The molecule has 0 fully saturated rings. The van der Waals surface area contributed by atoms with Gasteiger partial charge in [-0.15, -0.1) is 0 Å². The van der Waals surface area contributed by atoms with Gasteiger partial charge in [-0.1, -0.05) is 0 Å². The molecule has 1 aromatic rings. The number of carbonyl (C=O) groups is 1. The summed E-state index contributed by atoms with van der Waals surface area (Å²) in [6.07, 6.45) is 0. The smallest absolute Gasteiger partial charge is 0.355 e. The summed E-state index contributed by atoms with van der Waals surface area (Å²) >= 11 is 1.62. The Kier molecular flexibility index (Phi) is 1.84. The van der Waals surface area contributed by atoms with Gasteiger partial charge in [0.1, 0.15) is 0 Å². The van der Waals surface area contributed by atoms with Gasteiger partial charge in [-0.25, -0.2) is 14.8 Å². The van der Waals surface area contributed by atoms with Gasteiger partial charge in [-0.3, -0.25) is 0 Å². The number of carboxylic acid groups (broad SMARTS) is 1. The lowest BCUT2D eigenvalue weighted by molar-refractivity contribution is 0.0689. The summed E-state index contributed by atoms with van der Waals surface area (Å²) in [5.74, 6) is 0.394. The van der Waals surface area contributed by atoms with Crippen LogP contribution in [0.15, 0.2) is 0 Å². The third-order valence-electron chi connectivity index (χ3n) is 1.80. The average Bonchev–Trinajstić information content (AvgIpc) is 2.49. The fraction of sp³-hybridized carbons (Fsp3) is 0.286. The van der Waals surface area contributed by atoms with E-state index in [1.54, 1.807) is 11.8 Å². The summed E-state index contributed by atoms with van der Waals surface area (Å²) in [5.41, 5.74) is 6.90. The predicted octanol–water partition coefficient (Wildman–Crippen LogP) is 0.504. The third-order valence-corrected chi connectivity index (χ3v) is 2.77. The first-order chi connectivity index (χ1) is 6.18. The molecule has 1 aliphatic rings. The van der Waals surface area contributed by atoms with Crippen LogP contribution in [-0.2, 0) is 11.5 Å². The molecule has 0 unspecified atom stereocenters. The molecule has 3 N–H and O–H groups in total. The Labute approximate surface area is 78.4 Å². The van der Waals surface area contributed by atoms with Gasteiger partial charge in [0.25, 0.3) is 0 Å². The first-order valence-corrected chi connectivity index (χ1v) is 4.80. The zero-order chi connectivity index (χ0) is 9.42. The number of nitrogen functional groups attached to an aromatic ring is 1. The molecule has 6 heteroatoms. The molecule has 0 aliphatic carbocycles. The highest BCUT2D eigenvalue weighted by molar-refractivity contribution is 7.98. The maximum Gasteiger partial charge on any atom is 0.355 e. The lowest BCUT2D eigenvalue weighted by atomic mass is 10.2. The Morgan fingerprint density at radius 3 is 2.92 bits per heavy atom. The Balaban J connectivity index is 2.62. The van der Waals surface area contributed by atoms with E-state index in [2.05, 4.69) is 9.97 Å². The average molecular weight is 197 g/mol. The quantitative estimate of drug-likeness (QED) is 0.681. The molecule has 0 saturated heterocycles. The van der Waals surface area contributed by atoms with Crippen LogP contribution < -0.4 is 5.73 Å². The molecule has 5 nitrogen and oxygen atoms in total. The van der Waals surface area contributed by atoms with Crippen molar-refractivity contribution in [1.29, 1.82) is 0 Å². The number of hydrogen-bond donors (Lipinski definition) is 2. The molecule has 0 bridgehead atoms. The second-order valence-corrected chi connectivity index (χ2v) is 3.64. The lowest BCUT2D eigenvalue weighted by Crippen LogP contribution is -2.10. The lowest BCUT2D eigenvalue weighted by Gasteiger charge is -2.02. The van der Waals surface area contributed by atoms with Gasteiger partial charge < -0.3 is 10.8 Å². The van der Waals surface area contributed by atoms with Crippen molar-refractivity contribution in [2.45, 2.75) is 11.5 Å². The fourth-order valence-corrected chi connectivity index (χ4v) is 2.29. The summed E-state index contributed by atoms with van der Waals surface area (Å²) in [6.45, 7) is 0. The standard InChI is InChI=1S/C7H7N3O2S/c8-7-9-4-2-13-1-3(4)5(10-7)6(11)12/h1-2H2,(H,11,12)(H2,8,9,10). The fourth-order valence-electron chi connectivity index (χ4n) is 1.25. The number of fused-ring (bicyclic) bond motifs is 1. The predicted molar refractivity (Wildman–Crippen MR) is 48.4 cm³/mol. The van der Waals surface area contributed by atoms with Crippen LogP contribution in [0.5, 0.6) is 0 Å². The number of carboxylic acids is 1. The molecule has 13 heavy (non-hydrogen) atoms. The minimum Gasteiger partial charge on any atom is -0.476 e. The topological polar surface area (TPSA) is 89.1 Å². The molecule has 0 atom stereocenters. The molecule has 0 saturated carbocycles. The van der Waals surface area contributed by atoms with E-state index in [1.807, 2.05) is 0 Å². The first-order valence-electron chi connectivity index (χ1n) is 3.65. The van der Waals surface area contributed by atoms with Gasteiger partial charge >= 0.3 is 5.97 Å². The minimum atomic E-state index is -1.03. The highest BCUT2D eigenvalue weighted by Crippen LogP contribution is 2.30. The number of anilines is 1. The van der Waals surface area contributed by atoms with Crippen molar-refractivity contribution in [2.24, 2.45) is 0 Å². The molecule has 1 aliphatic heterocycles. The summed E-state index contributed by atoms with van der Waals surface area (Å²) < 4.78 is 0. The number of rotatable bonds is 1. The van der Waals surface area contributed by atoms with Crippen molar-refractivity contribution in [2.75, 3.05) is 5.73 Å². The summed E-state index contributed by atoms with van der Waals surface area (Å²) in [7, 11) is 0. The third kappa shape index (κ3) is 1.33. The first kappa shape index (κ1) is 8.31. The van der Waals surface area contributed by atoms with Gasteiger partial charge in [0.05, 0.1) is 5.69 Å². The van der Waals surface area contributed by atoms with Crippen LogP contribution in [0, 0.1) is 0 Å². The number of aromatic carboxylic acids is 1. The monoisotopic (exact) mass is 197 g/mol. The highest BCUT2D eigenvalue weighted by Gasteiger charge is 2.22. The van der Waals surface area contributed by atoms with Crippen LogP contribution in [0.4, 0.5) is 5.95 Å². The zero-order valence-corrected chi connectivity index (χ0v) is 7.47. The maximum atomic E-state index is 10.8. The van der Waals surface area contributed by atoms with E-state index in [-0.39, 0.29) is 11.6 Å². The number of thioether (sulfide) groups is 1. The van der Waals surface area contributed by atoms with Crippen molar-refractivity contribution >= 4 is 23.7 Å². The van der Waals surface area contributed by atoms with E-state index in [4.69, 9.17) is 10.8 Å². The van der Waals surface area contributed by atoms with Gasteiger partial charge in [-0.05, 0) is 0 Å². The van der Waals surface area contributed by atoms with Crippen LogP contribution in [0.2, 0.25) is 0 Å². The van der Waals surface area contributed by atoms with E-state index in [1.165, 1.54) is 0 Å².